The molecule has 96 valence electrons. The van der Waals surface area contributed by atoms with Gasteiger partial charge in [0.05, 0.1) is 5.41 Å². The van der Waals surface area contributed by atoms with E-state index in [1.54, 1.807) is 0 Å². The fraction of sp³-hybridized carbons (Fsp3) is 0.909. The molecule has 0 aliphatic carbocycles. The quantitative estimate of drug-likeness (QED) is 0.714. The van der Waals surface area contributed by atoms with Crippen molar-refractivity contribution in [1.29, 1.82) is 0 Å². The predicted octanol–water partition coefficient (Wildman–Crippen LogP) is 3.24. The Labute approximate surface area is 102 Å². The van der Waals surface area contributed by atoms with Crippen LogP contribution in [0, 0.1) is 5.41 Å². The van der Waals surface area contributed by atoms with Crippen LogP contribution in [0.1, 0.15) is 13.8 Å². The van der Waals surface area contributed by atoms with Gasteiger partial charge in [0.1, 0.15) is 0 Å². The SMILES string of the molecule is CC(C)(CO[Si](C)(C)C)C(=O)O[Si](C)(C)C. The monoisotopic (exact) mass is 262 g/mol. The summed E-state index contributed by atoms with van der Waals surface area (Å²) in [5.41, 5.74) is -0.541. The van der Waals surface area contributed by atoms with Crippen LogP contribution in [0.3, 0.4) is 0 Å². The van der Waals surface area contributed by atoms with Crippen LogP contribution in [0.15, 0.2) is 0 Å². The molecule has 0 aliphatic rings. The van der Waals surface area contributed by atoms with Gasteiger partial charge >= 0.3 is 0 Å². The number of rotatable bonds is 5. The minimum atomic E-state index is -1.80. The summed E-state index contributed by atoms with van der Waals surface area (Å²) in [7, 11) is -3.37. The third-order valence-corrected chi connectivity index (χ3v) is 3.63. The van der Waals surface area contributed by atoms with Crippen LogP contribution in [0.2, 0.25) is 39.3 Å². The normalized spacial score (nSPS) is 13.8. The molecule has 0 bridgehead atoms. The van der Waals surface area contributed by atoms with Crippen LogP contribution in [0.5, 0.6) is 0 Å². The Morgan fingerprint density at radius 3 is 1.75 bits per heavy atom. The van der Waals surface area contributed by atoms with E-state index in [4.69, 9.17) is 8.85 Å². The van der Waals surface area contributed by atoms with Gasteiger partial charge in [-0.05, 0) is 53.1 Å². The second kappa shape index (κ2) is 5.02. The Hall–Kier alpha value is -0.136. The van der Waals surface area contributed by atoms with Gasteiger partial charge in [-0.3, -0.25) is 4.79 Å². The van der Waals surface area contributed by atoms with Crippen LogP contribution >= 0.6 is 0 Å². The summed E-state index contributed by atoms with van der Waals surface area (Å²) in [4.78, 5) is 11.9. The van der Waals surface area contributed by atoms with Crippen molar-refractivity contribution in [1.82, 2.24) is 0 Å². The molecule has 0 rings (SSSR count). The fourth-order valence-electron chi connectivity index (χ4n) is 0.872. The van der Waals surface area contributed by atoms with E-state index in [2.05, 4.69) is 19.6 Å². The minimum Gasteiger partial charge on any atom is -0.519 e. The number of carbonyl (C=O) groups excluding carboxylic acids is 1. The molecule has 3 nitrogen and oxygen atoms in total. The van der Waals surface area contributed by atoms with E-state index in [0.717, 1.165) is 0 Å². The molecule has 0 fully saturated rings. The van der Waals surface area contributed by atoms with Gasteiger partial charge in [-0.1, -0.05) is 0 Å². The lowest BCUT2D eigenvalue weighted by atomic mass is 9.96. The molecule has 0 spiro atoms. The first-order valence-electron chi connectivity index (χ1n) is 5.71. The summed E-state index contributed by atoms with van der Waals surface area (Å²) in [5, 5.41) is 0. The number of hydrogen-bond acceptors (Lipinski definition) is 3. The summed E-state index contributed by atoms with van der Waals surface area (Å²) in [6.45, 7) is 16.6. The zero-order valence-electron chi connectivity index (χ0n) is 11.9. The molecule has 0 amide bonds. The van der Waals surface area contributed by atoms with Crippen molar-refractivity contribution < 1.29 is 13.6 Å². The van der Waals surface area contributed by atoms with Gasteiger partial charge in [0.2, 0.25) is 8.32 Å². The van der Waals surface area contributed by atoms with Crippen molar-refractivity contribution in [2.45, 2.75) is 53.1 Å². The van der Waals surface area contributed by atoms with Gasteiger partial charge in [-0.15, -0.1) is 0 Å². The lowest BCUT2D eigenvalue weighted by Crippen LogP contribution is -2.41. The molecule has 0 N–H and O–H groups in total. The highest BCUT2D eigenvalue weighted by molar-refractivity contribution is 6.71. The van der Waals surface area contributed by atoms with Crippen molar-refractivity contribution in [3.8, 4) is 0 Å². The number of hydrogen-bond donors (Lipinski definition) is 0. The molecule has 0 aromatic heterocycles. The molecule has 0 saturated heterocycles. The van der Waals surface area contributed by atoms with Gasteiger partial charge in [0.15, 0.2) is 8.32 Å². The van der Waals surface area contributed by atoms with Crippen molar-refractivity contribution in [2.24, 2.45) is 5.41 Å². The van der Waals surface area contributed by atoms with Gasteiger partial charge in [-0.2, -0.15) is 0 Å². The molecule has 0 aromatic rings. The highest BCUT2D eigenvalue weighted by Crippen LogP contribution is 2.22. The first-order chi connectivity index (χ1) is 6.83. The Morgan fingerprint density at radius 2 is 1.44 bits per heavy atom. The van der Waals surface area contributed by atoms with Crippen LogP contribution in [0.4, 0.5) is 0 Å². The molecule has 0 saturated carbocycles. The first kappa shape index (κ1) is 15.9. The Bertz CT molecular complexity index is 249. The summed E-state index contributed by atoms with van der Waals surface area (Å²) in [5.74, 6) is -0.134. The molecule has 0 aromatic carbocycles. The summed E-state index contributed by atoms with van der Waals surface area (Å²) >= 11 is 0. The van der Waals surface area contributed by atoms with E-state index < -0.39 is 22.0 Å². The standard InChI is InChI=1S/C11H26O3Si2/c1-11(2,9-13-15(3,4)5)10(12)14-16(6,7)8/h9H2,1-8H3. The van der Waals surface area contributed by atoms with Gasteiger partial charge in [0.25, 0.3) is 5.97 Å². The topological polar surface area (TPSA) is 35.5 Å². The molecule has 5 heteroatoms. The van der Waals surface area contributed by atoms with Gasteiger partial charge < -0.3 is 8.85 Å². The zero-order chi connectivity index (χ0) is 13.2. The van der Waals surface area contributed by atoms with Gasteiger partial charge in [-0.25, -0.2) is 0 Å². The molecule has 16 heavy (non-hydrogen) atoms. The largest absolute Gasteiger partial charge is 0.519 e. The molecule has 0 heterocycles. The van der Waals surface area contributed by atoms with E-state index in [-0.39, 0.29) is 5.97 Å². The molecular formula is C11H26O3Si2. The van der Waals surface area contributed by atoms with E-state index >= 15 is 0 Å². The van der Waals surface area contributed by atoms with Crippen molar-refractivity contribution in [2.75, 3.05) is 6.61 Å². The van der Waals surface area contributed by atoms with Crippen LogP contribution in [-0.2, 0) is 13.6 Å². The molecule has 0 atom stereocenters. The molecule has 0 aliphatic heterocycles. The van der Waals surface area contributed by atoms with Crippen molar-refractivity contribution in [3.05, 3.63) is 0 Å². The average Bonchev–Trinajstić information content (AvgIpc) is 1.96. The van der Waals surface area contributed by atoms with E-state index in [0.29, 0.717) is 6.61 Å². The van der Waals surface area contributed by atoms with E-state index in [9.17, 15) is 4.79 Å². The van der Waals surface area contributed by atoms with Crippen LogP contribution in [-0.4, -0.2) is 29.2 Å². The summed E-state index contributed by atoms with van der Waals surface area (Å²) in [6, 6.07) is 0. The average molecular weight is 262 g/mol. The van der Waals surface area contributed by atoms with Gasteiger partial charge in [0, 0.05) is 6.61 Å². The Balaban J connectivity index is 4.38. The summed E-state index contributed by atoms with van der Waals surface area (Å²) < 4.78 is 11.3. The first-order valence-corrected chi connectivity index (χ1v) is 12.5. The third-order valence-electron chi connectivity index (χ3n) is 1.82. The Kier molecular flexibility index (Phi) is 4.97. The minimum absolute atomic E-state index is 0.134. The highest BCUT2D eigenvalue weighted by atomic mass is 28.4. The predicted molar refractivity (Wildman–Crippen MR) is 72.5 cm³/mol. The van der Waals surface area contributed by atoms with Crippen molar-refractivity contribution >= 4 is 22.6 Å². The molecule has 0 unspecified atom stereocenters. The zero-order valence-corrected chi connectivity index (χ0v) is 13.9. The molecular weight excluding hydrogens is 236 g/mol. The Morgan fingerprint density at radius 1 is 1.00 bits per heavy atom. The number of carbonyl (C=O) groups is 1. The van der Waals surface area contributed by atoms with Crippen molar-refractivity contribution in [3.63, 3.8) is 0 Å². The highest BCUT2D eigenvalue weighted by Gasteiger charge is 2.34. The maximum absolute atomic E-state index is 11.9. The molecule has 0 radical (unpaired) electrons. The second-order valence-corrected chi connectivity index (χ2v) is 15.7. The maximum atomic E-state index is 11.9. The van der Waals surface area contributed by atoms with E-state index in [1.807, 2.05) is 33.5 Å². The lowest BCUT2D eigenvalue weighted by molar-refractivity contribution is -0.146. The third kappa shape index (κ3) is 7.19. The smallest absolute Gasteiger partial charge is 0.300 e. The summed E-state index contributed by atoms with van der Waals surface area (Å²) in [6.07, 6.45) is 0. The van der Waals surface area contributed by atoms with E-state index in [1.165, 1.54) is 0 Å². The van der Waals surface area contributed by atoms with Crippen LogP contribution < -0.4 is 0 Å². The van der Waals surface area contributed by atoms with Crippen LogP contribution in [0.25, 0.3) is 0 Å². The fourth-order valence-corrected chi connectivity index (χ4v) is 2.50. The second-order valence-electron chi connectivity index (χ2n) is 6.79. The lowest BCUT2D eigenvalue weighted by Gasteiger charge is -2.30. The maximum Gasteiger partial charge on any atom is 0.300 e.